The van der Waals surface area contributed by atoms with E-state index in [0.29, 0.717) is 26.1 Å². The molecule has 0 radical (unpaired) electrons. The van der Waals surface area contributed by atoms with Crippen molar-refractivity contribution in [3.63, 3.8) is 0 Å². The van der Waals surface area contributed by atoms with Crippen LogP contribution in [0.25, 0.3) is 0 Å². The topological polar surface area (TPSA) is 121 Å². The molecule has 0 aromatic rings. The molecule has 0 saturated heterocycles. The molecule has 0 saturated carbocycles. The van der Waals surface area contributed by atoms with Gasteiger partial charge in [-0.05, 0) is 80.1 Å². The van der Waals surface area contributed by atoms with Gasteiger partial charge in [0.25, 0.3) is 0 Å². The number of carbonyl (C=O) groups excluding carboxylic acids is 6. The van der Waals surface area contributed by atoms with E-state index in [0.717, 1.165) is 36.8 Å². The van der Waals surface area contributed by atoms with Crippen molar-refractivity contribution >= 4 is 24.2 Å². The zero-order valence-electron chi connectivity index (χ0n) is 23.3. The van der Waals surface area contributed by atoms with E-state index in [2.05, 4.69) is 33.9 Å². The molecule has 1 aliphatic carbocycles. The summed E-state index contributed by atoms with van der Waals surface area (Å²) in [5.74, 6) is -0.137. The minimum Gasteiger partial charge on any atom is -0.466 e. The molecule has 212 valence electrons. The van der Waals surface area contributed by atoms with Crippen molar-refractivity contribution in [1.29, 1.82) is 0 Å². The van der Waals surface area contributed by atoms with E-state index in [-0.39, 0.29) is 37.1 Å². The number of rotatable bonds is 10. The summed E-state index contributed by atoms with van der Waals surface area (Å²) in [5, 5.41) is 0. The van der Waals surface area contributed by atoms with Crippen molar-refractivity contribution in [3.05, 3.63) is 35.5 Å². The standard InChI is InChI=1S/C14H24O2.C12H20O2.2CO2.CH4/c1-7-14(9-11(3)4,10-12(5)6)13(15)16-8-2;1-5-12(11(13)14-6-2)7-9(3)10(4)8-12;2*2-1-3;/h3,5,7-10H2,1-2,4,6H3;5-8H2,1-4H3;;;1H4. The zero-order chi connectivity index (χ0) is 28.9. The van der Waals surface area contributed by atoms with Crippen molar-refractivity contribution in [2.24, 2.45) is 10.8 Å². The van der Waals surface area contributed by atoms with Crippen LogP contribution in [0.4, 0.5) is 0 Å². The van der Waals surface area contributed by atoms with Gasteiger partial charge in [-0.3, -0.25) is 9.59 Å². The summed E-state index contributed by atoms with van der Waals surface area (Å²) in [4.78, 5) is 56.4. The molecule has 0 fully saturated rings. The first-order valence-electron chi connectivity index (χ1n) is 12.0. The first-order valence-corrected chi connectivity index (χ1v) is 12.0. The molecule has 0 atom stereocenters. The predicted octanol–water partition coefficient (Wildman–Crippen LogP) is 6.42. The van der Waals surface area contributed by atoms with E-state index in [1.54, 1.807) is 0 Å². The Hall–Kier alpha value is -3.08. The number of carbonyl (C=O) groups is 2. The Labute approximate surface area is 223 Å². The summed E-state index contributed by atoms with van der Waals surface area (Å²) in [6.45, 7) is 24.6. The van der Waals surface area contributed by atoms with Crippen LogP contribution in [0.2, 0.25) is 0 Å². The molecule has 0 spiro atoms. The van der Waals surface area contributed by atoms with E-state index >= 15 is 0 Å². The normalized spacial score (nSPS) is 12.8. The molecule has 0 heterocycles. The van der Waals surface area contributed by atoms with Gasteiger partial charge >= 0.3 is 24.2 Å². The van der Waals surface area contributed by atoms with Crippen molar-refractivity contribution in [1.82, 2.24) is 0 Å². The van der Waals surface area contributed by atoms with Crippen LogP contribution in [-0.4, -0.2) is 37.5 Å². The highest BCUT2D eigenvalue weighted by Gasteiger charge is 2.42. The van der Waals surface area contributed by atoms with Crippen LogP contribution in [0.3, 0.4) is 0 Å². The molecule has 0 aliphatic heterocycles. The number of ether oxygens (including phenoxy) is 2. The van der Waals surface area contributed by atoms with Crippen LogP contribution >= 0.6 is 0 Å². The second-order valence-corrected chi connectivity index (χ2v) is 9.06. The summed E-state index contributed by atoms with van der Waals surface area (Å²) in [5.41, 5.74) is 4.03. The molecule has 0 aromatic heterocycles. The van der Waals surface area contributed by atoms with Crippen LogP contribution in [0.15, 0.2) is 35.5 Å². The Morgan fingerprint density at radius 3 is 1.43 bits per heavy atom. The molecule has 37 heavy (non-hydrogen) atoms. The van der Waals surface area contributed by atoms with E-state index in [4.69, 9.17) is 28.7 Å². The predicted molar refractivity (Wildman–Crippen MR) is 142 cm³/mol. The minimum atomic E-state index is -0.465. The first kappa shape index (κ1) is 41.1. The van der Waals surface area contributed by atoms with E-state index in [1.165, 1.54) is 11.1 Å². The van der Waals surface area contributed by atoms with Gasteiger partial charge in [0.2, 0.25) is 0 Å². The minimum absolute atomic E-state index is 0. The third kappa shape index (κ3) is 15.6. The highest BCUT2D eigenvalue weighted by atomic mass is 16.5. The maximum Gasteiger partial charge on any atom is 0.373 e. The summed E-state index contributed by atoms with van der Waals surface area (Å²) < 4.78 is 10.3. The fraction of sp³-hybridized carbons (Fsp3) is 0.655. The average Bonchev–Trinajstić information content (AvgIpc) is 3.09. The van der Waals surface area contributed by atoms with Crippen LogP contribution in [0.1, 0.15) is 101 Å². The summed E-state index contributed by atoms with van der Waals surface area (Å²) in [6, 6.07) is 0. The number of hydrogen-bond donors (Lipinski definition) is 0. The van der Waals surface area contributed by atoms with Crippen LogP contribution < -0.4 is 0 Å². The van der Waals surface area contributed by atoms with Gasteiger partial charge in [-0.15, -0.1) is 13.2 Å². The molecule has 0 amide bonds. The molecule has 0 N–H and O–H groups in total. The maximum atomic E-state index is 12.1. The monoisotopic (exact) mass is 524 g/mol. The zero-order valence-corrected chi connectivity index (χ0v) is 23.3. The van der Waals surface area contributed by atoms with Crippen LogP contribution in [0, 0.1) is 10.8 Å². The highest BCUT2D eigenvalue weighted by molar-refractivity contribution is 5.78. The molecule has 1 aliphatic rings. The van der Waals surface area contributed by atoms with Crippen molar-refractivity contribution in [3.8, 4) is 0 Å². The fourth-order valence-electron chi connectivity index (χ4n) is 4.24. The second-order valence-electron chi connectivity index (χ2n) is 9.06. The molecule has 0 unspecified atom stereocenters. The van der Waals surface area contributed by atoms with Gasteiger partial charge in [-0.2, -0.15) is 19.2 Å². The molecule has 1 rings (SSSR count). The Morgan fingerprint density at radius 1 is 0.838 bits per heavy atom. The summed E-state index contributed by atoms with van der Waals surface area (Å²) in [6.07, 6.45) is 5.25. The van der Waals surface area contributed by atoms with Gasteiger partial charge in [-0.25, -0.2) is 0 Å². The lowest BCUT2D eigenvalue weighted by Gasteiger charge is -2.30. The van der Waals surface area contributed by atoms with Gasteiger partial charge in [0.05, 0.1) is 24.0 Å². The Morgan fingerprint density at radius 2 is 1.19 bits per heavy atom. The van der Waals surface area contributed by atoms with Gasteiger partial charge < -0.3 is 9.47 Å². The molecule has 0 bridgehead atoms. The lowest BCUT2D eigenvalue weighted by Crippen LogP contribution is -2.33. The molecular formula is C29H48O8. The molecule has 8 nitrogen and oxygen atoms in total. The van der Waals surface area contributed by atoms with E-state index < -0.39 is 5.41 Å². The van der Waals surface area contributed by atoms with Crippen LogP contribution in [-0.2, 0) is 38.2 Å². The van der Waals surface area contributed by atoms with E-state index in [1.807, 2.05) is 34.6 Å². The van der Waals surface area contributed by atoms with Gasteiger partial charge in [0.15, 0.2) is 0 Å². The quantitative estimate of drug-likeness (QED) is 0.237. The highest BCUT2D eigenvalue weighted by Crippen LogP contribution is 2.45. The third-order valence-corrected chi connectivity index (χ3v) is 5.99. The Balaban J connectivity index is -0.000000238. The number of esters is 2. The largest absolute Gasteiger partial charge is 0.466 e. The SMILES string of the molecule is C.C=C(C)CC(CC)(CC(=C)C)C(=O)OCC.CCOC(=O)C1(CC)CC(C)=C(C)C1.O=C=O.O=C=O. The second kappa shape index (κ2) is 22.1. The summed E-state index contributed by atoms with van der Waals surface area (Å²) >= 11 is 0. The lowest BCUT2D eigenvalue weighted by atomic mass is 9.75. The average molecular weight is 525 g/mol. The molecule has 0 aromatic carbocycles. The lowest BCUT2D eigenvalue weighted by molar-refractivity contribution is -0.193. The third-order valence-electron chi connectivity index (χ3n) is 5.99. The maximum absolute atomic E-state index is 12.1. The van der Waals surface area contributed by atoms with Crippen molar-refractivity contribution in [2.75, 3.05) is 13.2 Å². The van der Waals surface area contributed by atoms with Gasteiger partial charge in [0, 0.05) is 0 Å². The molecular weight excluding hydrogens is 476 g/mol. The summed E-state index contributed by atoms with van der Waals surface area (Å²) in [7, 11) is 0. The molecule has 8 heteroatoms. The Kier molecular flexibility index (Phi) is 24.6. The first-order chi connectivity index (χ1) is 16.8. The van der Waals surface area contributed by atoms with Crippen LogP contribution in [0.5, 0.6) is 0 Å². The van der Waals surface area contributed by atoms with E-state index in [9.17, 15) is 9.59 Å². The van der Waals surface area contributed by atoms with Crippen molar-refractivity contribution < 1.29 is 38.2 Å². The smallest absolute Gasteiger partial charge is 0.373 e. The fourth-order valence-corrected chi connectivity index (χ4v) is 4.24. The Bertz CT molecular complexity index is 781. The van der Waals surface area contributed by atoms with Gasteiger partial charge in [0.1, 0.15) is 0 Å². The van der Waals surface area contributed by atoms with Crippen molar-refractivity contribution in [2.45, 2.75) is 101 Å². The number of hydrogen-bond acceptors (Lipinski definition) is 8. The number of allylic oxidation sites excluding steroid dienone is 4. The van der Waals surface area contributed by atoms with Gasteiger partial charge in [-0.1, -0.05) is 43.6 Å².